The zero-order valence-electron chi connectivity index (χ0n) is 19.1. The molecule has 0 spiro atoms. The summed E-state index contributed by atoms with van der Waals surface area (Å²) in [5, 5.41) is 19.2. The van der Waals surface area contributed by atoms with Crippen LogP contribution in [0.15, 0.2) is 59.7 Å². The molecule has 3 N–H and O–H groups in total. The molecule has 0 aliphatic rings. The molecule has 0 atom stereocenters. The maximum Gasteiger partial charge on any atom is 0.267 e. The van der Waals surface area contributed by atoms with Crippen LogP contribution in [0, 0.1) is 23.2 Å². The molecule has 2 heterocycles. The monoisotopic (exact) mass is 465 g/mol. The lowest BCUT2D eigenvalue weighted by Crippen LogP contribution is -2.32. The maximum absolute atomic E-state index is 13.9. The molecule has 9 nitrogen and oxygen atoms in total. The molecule has 0 aliphatic carbocycles. The summed E-state index contributed by atoms with van der Waals surface area (Å²) in [6.07, 6.45) is 2.08. The molecule has 0 amide bonds. The minimum absolute atomic E-state index is 0.0950. The molecule has 0 aliphatic heterocycles. The first kappa shape index (κ1) is 23.4. The Morgan fingerprint density at radius 1 is 1.14 bits per heavy atom. The molecule has 0 fully saturated rings. The maximum atomic E-state index is 13.9. The second-order valence-electron chi connectivity index (χ2n) is 7.65. The number of nitrogens with two attached hydrogens (primary N) is 1. The van der Waals surface area contributed by atoms with E-state index in [-0.39, 0.29) is 30.1 Å². The van der Waals surface area contributed by atoms with E-state index in [2.05, 4.69) is 27.9 Å². The lowest BCUT2D eigenvalue weighted by atomic mass is 10.1. The summed E-state index contributed by atoms with van der Waals surface area (Å²) in [4.78, 5) is 28.8. The summed E-state index contributed by atoms with van der Waals surface area (Å²) in [6, 6.07) is 16.6. The Hall–Kier alpha value is -4.73. The van der Waals surface area contributed by atoms with Crippen molar-refractivity contribution in [2.75, 3.05) is 23.8 Å². The fraction of sp³-hybridized carbons (Fsp3) is 0.192. The van der Waals surface area contributed by atoms with Crippen molar-refractivity contribution in [1.29, 1.82) is 5.26 Å². The third-order valence-electron chi connectivity index (χ3n) is 5.38. The van der Waals surface area contributed by atoms with Gasteiger partial charge in [0.05, 0.1) is 23.1 Å². The number of fused-ring (bicyclic) bond motifs is 1. The standard InChI is InChI=1S/C26H23N7O2/c1-2-13-32(25-20(15-27)24(28)29-17-30-25)16-22-31-21-12-6-8-18(9-7-14-34)23(21)26(35)33(22)19-10-4-3-5-11-19/h3-6,8,10-12,17,34H,2,13-14,16H2,1H3,(H2,28,29,30). The predicted molar refractivity (Wildman–Crippen MR) is 134 cm³/mol. The Bertz CT molecular complexity index is 1530. The highest BCUT2D eigenvalue weighted by Gasteiger charge is 2.21. The van der Waals surface area contributed by atoms with Crippen LogP contribution in [0.1, 0.15) is 30.3 Å². The number of hydrogen-bond donors (Lipinski definition) is 2. The first-order valence-corrected chi connectivity index (χ1v) is 11.0. The molecule has 0 bridgehead atoms. The van der Waals surface area contributed by atoms with Gasteiger partial charge < -0.3 is 15.7 Å². The topological polar surface area (TPSA) is 134 Å². The fourth-order valence-electron chi connectivity index (χ4n) is 3.90. The van der Waals surface area contributed by atoms with Gasteiger partial charge in [0.25, 0.3) is 5.56 Å². The van der Waals surface area contributed by atoms with E-state index in [9.17, 15) is 10.1 Å². The van der Waals surface area contributed by atoms with E-state index in [1.165, 1.54) is 6.33 Å². The summed E-state index contributed by atoms with van der Waals surface area (Å²) in [6.45, 7) is 2.44. The Morgan fingerprint density at radius 2 is 1.94 bits per heavy atom. The highest BCUT2D eigenvalue weighted by Crippen LogP contribution is 2.24. The predicted octanol–water partition coefficient (Wildman–Crippen LogP) is 2.39. The van der Waals surface area contributed by atoms with Crippen molar-refractivity contribution in [3.63, 3.8) is 0 Å². The van der Waals surface area contributed by atoms with Crippen molar-refractivity contribution >= 4 is 22.5 Å². The third kappa shape index (κ3) is 4.67. The summed E-state index contributed by atoms with van der Waals surface area (Å²) >= 11 is 0. The molecule has 174 valence electrons. The average Bonchev–Trinajstić information content (AvgIpc) is 2.87. The molecule has 0 saturated heterocycles. The minimum atomic E-state index is -0.315. The van der Waals surface area contributed by atoms with Crippen LogP contribution in [0.3, 0.4) is 0 Å². The van der Waals surface area contributed by atoms with Gasteiger partial charge in [0, 0.05) is 12.1 Å². The number of para-hydroxylation sites is 1. The summed E-state index contributed by atoms with van der Waals surface area (Å²) in [5.74, 6) is 6.42. The Labute approximate surface area is 202 Å². The molecule has 4 aromatic rings. The number of hydrogen-bond acceptors (Lipinski definition) is 8. The number of aliphatic hydroxyl groups is 1. The molecule has 4 rings (SSSR count). The second-order valence-corrected chi connectivity index (χ2v) is 7.65. The van der Waals surface area contributed by atoms with E-state index in [4.69, 9.17) is 15.8 Å². The Kier molecular flexibility index (Phi) is 7.01. The number of aromatic nitrogens is 4. The van der Waals surface area contributed by atoms with E-state index < -0.39 is 0 Å². The lowest BCUT2D eigenvalue weighted by Gasteiger charge is -2.25. The quantitative estimate of drug-likeness (QED) is 0.415. The number of nitrogen functional groups attached to an aromatic ring is 1. The van der Waals surface area contributed by atoms with Crippen LogP contribution in [-0.2, 0) is 6.54 Å². The SMILES string of the molecule is CCCN(Cc1nc2cccc(C#CCO)c2c(=O)n1-c1ccccc1)c1ncnc(N)c1C#N. The van der Waals surface area contributed by atoms with E-state index in [0.29, 0.717) is 40.3 Å². The molecular formula is C26H23N7O2. The van der Waals surface area contributed by atoms with Crippen LogP contribution in [0.5, 0.6) is 0 Å². The molecule has 2 aromatic heterocycles. The second kappa shape index (κ2) is 10.5. The third-order valence-corrected chi connectivity index (χ3v) is 5.38. The molecule has 9 heteroatoms. The van der Waals surface area contributed by atoms with Crippen molar-refractivity contribution in [2.24, 2.45) is 0 Å². The van der Waals surface area contributed by atoms with Gasteiger partial charge in [0.15, 0.2) is 5.82 Å². The number of aliphatic hydroxyl groups excluding tert-OH is 1. The van der Waals surface area contributed by atoms with Gasteiger partial charge in [0.1, 0.15) is 36.2 Å². The van der Waals surface area contributed by atoms with Gasteiger partial charge in [0.2, 0.25) is 0 Å². The number of nitrogens with zero attached hydrogens (tertiary/aromatic N) is 6. The Balaban J connectivity index is 1.97. The van der Waals surface area contributed by atoms with E-state index in [1.54, 1.807) is 22.8 Å². The van der Waals surface area contributed by atoms with Crippen molar-refractivity contribution < 1.29 is 5.11 Å². The zero-order chi connectivity index (χ0) is 24.8. The van der Waals surface area contributed by atoms with Crippen LogP contribution >= 0.6 is 0 Å². The number of anilines is 2. The van der Waals surface area contributed by atoms with Crippen LogP contribution in [0.2, 0.25) is 0 Å². The molecular weight excluding hydrogens is 442 g/mol. The smallest absolute Gasteiger partial charge is 0.267 e. The first-order chi connectivity index (χ1) is 17.1. The van der Waals surface area contributed by atoms with Gasteiger partial charge in [-0.25, -0.2) is 15.0 Å². The van der Waals surface area contributed by atoms with E-state index in [0.717, 1.165) is 6.42 Å². The van der Waals surface area contributed by atoms with Crippen molar-refractivity contribution in [3.05, 3.63) is 82.2 Å². The van der Waals surface area contributed by atoms with Gasteiger partial charge in [-0.1, -0.05) is 43.0 Å². The van der Waals surface area contributed by atoms with Crippen LogP contribution in [0.25, 0.3) is 16.6 Å². The van der Waals surface area contributed by atoms with E-state index >= 15 is 0 Å². The number of nitriles is 1. The van der Waals surface area contributed by atoms with Gasteiger partial charge in [-0.15, -0.1) is 0 Å². The van der Waals surface area contributed by atoms with Gasteiger partial charge in [-0.2, -0.15) is 5.26 Å². The number of benzene rings is 2. The summed E-state index contributed by atoms with van der Waals surface area (Å²) in [5.41, 5.74) is 7.45. The highest BCUT2D eigenvalue weighted by molar-refractivity contribution is 5.84. The average molecular weight is 466 g/mol. The Morgan fingerprint density at radius 3 is 2.66 bits per heavy atom. The highest BCUT2D eigenvalue weighted by atomic mass is 16.2. The van der Waals surface area contributed by atoms with Crippen molar-refractivity contribution in [1.82, 2.24) is 19.5 Å². The van der Waals surface area contributed by atoms with Crippen LogP contribution in [-0.4, -0.2) is 37.8 Å². The normalized spacial score (nSPS) is 10.4. The summed E-state index contributed by atoms with van der Waals surface area (Å²) in [7, 11) is 0. The molecule has 0 unspecified atom stereocenters. The zero-order valence-corrected chi connectivity index (χ0v) is 19.1. The van der Waals surface area contributed by atoms with Gasteiger partial charge in [-0.05, 0) is 30.7 Å². The summed E-state index contributed by atoms with van der Waals surface area (Å²) < 4.78 is 1.55. The lowest BCUT2D eigenvalue weighted by molar-refractivity contribution is 0.350. The van der Waals surface area contributed by atoms with Crippen molar-refractivity contribution in [3.8, 4) is 23.6 Å². The van der Waals surface area contributed by atoms with Gasteiger partial charge >= 0.3 is 0 Å². The molecule has 2 aromatic carbocycles. The van der Waals surface area contributed by atoms with Crippen molar-refractivity contribution in [2.45, 2.75) is 19.9 Å². The fourth-order valence-corrected chi connectivity index (χ4v) is 3.90. The van der Waals surface area contributed by atoms with E-state index in [1.807, 2.05) is 42.2 Å². The van der Waals surface area contributed by atoms with Crippen LogP contribution < -0.4 is 16.2 Å². The molecule has 0 saturated carbocycles. The van der Waals surface area contributed by atoms with Crippen LogP contribution in [0.4, 0.5) is 11.6 Å². The first-order valence-electron chi connectivity index (χ1n) is 11.0. The molecule has 35 heavy (non-hydrogen) atoms. The molecule has 0 radical (unpaired) electrons. The number of rotatable bonds is 6. The minimum Gasteiger partial charge on any atom is -0.384 e. The van der Waals surface area contributed by atoms with Gasteiger partial charge in [-0.3, -0.25) is 9.36 Å². The largest absolute Gasteiger partial charge is 0.384 e.